The van der Waals surface area contributed by atoms with Crippen LogP contribution in [-0.2, 0) is 6.54 Å². The fourth-order valence-electron chi connectivity index (χ4n) is 3.44. The second-order valence-corrected chi connectivity index (χ2v) is 6.98. The van der Waals surface area contributed by atoms with E-state index in [4.69, 9.17) is 0 Å². The zero-order valence-corrected chi connectivity index (χ0v) is 16.6. The molecule has 12 nitrogen and oxygen atoms in total. The van der Waals surface area contributed by atoms with Crippen LogP contribution in [-0.4, -0.2) is 56.5 Å². The van der Waals surface area contributed by atoms with E-state index in [2.05, 4.69) is 30.7 Å². The highest BCUT2D eigenvalue weighted by atomic mass is 16.3. The third-order valence-electron chi connectivity index (χ3n) is 5.25. The molecule has 0 saturated carbocycles. The minimum Gasteiger partial charge on any atom is -0.394 e. The molecule has 1 N–H and O–H groups in total. The fourth-order valence-corrected chi connectivity index (χ4v) is 3.44. The lowest BCUT2D eigenvalue weighted by molar-refractivity contribution is 0.208. The lowest BCUT2D eigenvalue weighted by Crippen LogP contribution is -2.31. The number of hydrogen-bond donors (Lipinski definition) is 1. The van der Waals surface area contributed by atoms with Gasteiger partial charge in [0.1, 0.15) is 5.52 Å². The fraction of sp³-hybridized carbons (Fsp3) is 0.444. The van der Waals surface area contributed by atoms with E-state index >= 15 is 0 Å². The maximum atomic E-state index is 13.1. The van der Waals surface area contributed by atoms with Crippen molar-refractivity contribution >= 4 is 21.8 Å². The molecule has 0 fully saturated rings. The van der Waals surface area contributed by atoms with Crippen molar-refractivity contribution in [2.24, 2.45) is 0 Å². The van der Waals surface area contributed by atoms with Crippen LogP contribution in [0.3, 0.4) is 0 Å². The molecule has 2 atom stereocenters. The van der Waals surface area contributed by atoms with Crippen LogP contribution in [0, 0.1) is 0 Å². The molecule has 0 spiro atoms. The van der Waals surface area contributed by atoms with Crippen LogP contribution in [0.15, 0.2) is 34.4 Å². The molecule has 0 aliphatic carbocycles. The van der Waals surface area contributed by atoms with Crippen molar-refractivity contribution in [2.45, 2.75) is 45.3 Å². The molecule has 156 valence electrons. The highest BCUT2D eigenvalue weighted by molar-refractivity contribution is 5.93. The van der Waals surface area contributed by atoms with Crippen molar-refractivity contribution in [1.29, 1.82) is 0 Å². The Balaban J connectivity index is 1.84. The number of tetrazole rings is 1. The zero-order chi connectivity index (χ0) is 21.3. The van der Waals surface area contributed by atoms with Crippen molar-refractivity contribution in [2.75, 3.05) is 6.61 Å². The number of aliphatic hydroxyl groups excluding tert-OH is 1. The van der Waals surface area contributed by atoms with Crippen molar-refractivity contribution in [3.8, 4) is 0 Å². The van der Waals surface area contributed by atoms with E-state index in [-0.39, 0.29) is 23.8 Å². The minimum atomic E-state index is -0.457. The number of hydrogen-bond acceptors (Lipinski definition) is 9. The van der Waals surface area contributed by atoms with Crippen molar-refractivity contribution < 1.29 is 5.11 Å². The quantitative estimate of drug-likeness (QED) is 0.418. The zero-order valence-electron chi connectivity index (χ0n) is 16.6. The smallest absolute Gasteiger partial charge is 0.278 e. The predicted molar refractivity (Wildman–Crippen MR) is 107 cm³/mol. The number of fused-ring (bicyclic) bond motifs is 2. The molecule has 3 heterocycles. The Morgan fingerprint density at radius 3 is 2.40 bits per heavy atom. The molecule has 12 heteroatoms. The van der Waals surface area contributed by atoms with E-state index in [0.29, 0.717) is 41.2 Å². The SMILES string of the molecule is CC[C@H](Cn1ncnn1)n1cnc2cc3c(=O)n([C@H](CC)CO)nnc3cc2c1=O. The Morgan fingerprint density at radius 2 is 1.73 bits per heavy atom. The number of aliphatic hydroxyl groups is 1. The van der Waals surface area contributed by atoms with Gasteiger partial charge in [-0.05, 0) is 30.2 Å². The summed E-state index contributed by atoms with van der Waals surface area (Å²) in [5.41, 5.74) is 0.0736. The first-order valence-corrected chi connectivity index (χ1v) is 9.69. The Hall–Kier alpha value is -3.54. The summed E-state index contributed by atoms with van der Waals surface area (Å²) in [5.74, 6) is 0. The van der Waals surface area contributed by atoms with Crippen LogP contribution in [0.1, 0.15) is 38.8 Å². The number of benzene rings is 1. The van der Waals surface area contributed by atoms with Gasteiger partial charge in [-0.2, -0.15) is 4.80 Å². The van der Waals surface area contributed by atoms with Gasteiger partial charge in [0.15, 0.2) is 6.33 Å². The van der Waals surface area contributed by atoms with Crippen LogP contribution in [0.5, 0.6) is 0 Å². The standard InChI is InChI=1S/C18H21N9O3/c1-3-11(7-26-21-9-20-23-26)25-10-19-15-5-14-16(6-13(15)17(25)29)22-24-27(18(14)30)12(4-2)8-28/h5-6,9-12,28H,3-4,7-8H2,1-2H3/t11-,12-/m1/s1. The molecule has 0 bridgehead atoms. The Morgan fingerprint density at radius 1 is 1.00 bits per heavy atom. The molecule has 0 radical (unpaired) electrons. The third-order valence-corrected chi connectivity index (χ3v) is 5.25. The van der Waals surface area contributed by atoms with Crippen LogP contribution in [0.25, 0.3) is 21.8 Å². The van der Waals surface area contributed by atoms with Crippen LogP contribution in [0.4, 0.5) is 0 Å². The Kier molecular flexibility index (Phi) is 5.31. The van der Waals surface area contributed by atoms with Gasteiger partial charge >= 0.3 is 0 Å². The van der Waals surface area contributed by atoms with E-state index in [1.165, 1.54) is 32.8 Å². The summed E-state index contributed by atoms with van der Waals surface area (Å²) in [6.07, 6.45) is 4.00. The monoisotopic (exact) mass is 411 g/mol. The van der Waals surface area contributed by atoms with Crippen molar-refractivity contribution in [3.05, 3.63) is 45.5 Å². The molecule has 4 rings (SSSR count). The second kappa shape index (κ2) is 8.06. The van der Waals surface area contributed by atoms with E-state index in [0.717, 1.165) is 0 Å². The first-order valence-electron chi connectivity index (χ1n) is 9.69. The normalized spacial score (nSPS) is 13.7. The van der Waals surface area contributed by atoms with Gasteiger partial charge in [0.2, 0.25) is 0 Å². The highest BCUT2D eigenvalue weighted by Gasteiger charge is 2.18. The second-order valence-electron chi connectivity index (χ2n) is 6.98. The maximum Gasteiger partial charge on any atom is 0.278 e. The van der Waals surface area contributed by atoms with Crippen molar-refractivity contribution in [3.63, 3.8) is 0 Å². The average molecular weight is 411 g/mol. The third kappa shape index (κ3) is 3.34. The topological polar surface area (TPSA) is 146 Å². The minimum absolute atomic E-state index is 0.215. The van der Waals surface area contributed by atoms with Gasteiger partial charge in [-0.1, -0.05) is 19.1 Å². The molecule has 3 aromatic heterocycles. The summed E-state index contributed by atoms with van der Waals surface area (Å²) >= 11 is 0. The lowest BCUT2D eigenvalue weighted by atomic mass is 10.1. The molecule has 30 heavy (non-hydrogen) atoms. The van der Waals surface area contributed by atoms with Gasteiger partial charge < -0.3 is 5.11 Å². The van der Waals surface area contributed by atoms with Gasteiger partial charge in [-0.25, -0.2) is 9.67 Å². The molecule has 0 aliphatic heterocycles. The molecule has 0 amide bonds. The first-order chi connectivity index (χ1) is 14.6. The lowest BCUT2D eigenvalue weighted by Gasteiger charge is -2.17. The van der Waals surface area contributed by atoms with Gasteiger partial charge in [0, 0.05) is 0 Å². The summed E-state index contributed by atoms with van der Waals surface area (Å²) < 4.78 is 2.71. The number of aromatic nitrogens is 9. The molecular formula is C18H21N9O3. The van der Waals surface area contributed by atoms with Crippen LogP contribution in [0.2, 0.25) is 0 Å². The van der Waals surface area contributed by atoms with Gasteiger partial charge in [-0.3, -0.25) is 14.2 Å². The van der Waals surface area contributed by atoms with Gasteiger partial charge in [0.05, 0.1) is 47.9 Å². The van der Waals surface area contributed by atoms with E-state index in [1.54, 1.807) is 6.07 Å². The summed E-state index contributed by atoms with van der Waals surface area (Å²) in [5, 5.41) is 29.7. The molecule has 0 saturated heterocycles. The van der Waals surface area contributed by atoms with Crippen LogP contribution < -0.4 is 11.1 Å². The highest BCUT2D eigenvalue weighted by Crippen LogP contribution is 2.17. The molecule has 1 aromatic carbocycles. The van der Waals surface area contributed by atoms with Gasteiger partial charge in [0.25, 0.3) is 11.1 Å². The number of nitrogens with zero attached hydrogens (tertiary/aromatic N) is 9. The van der Waals surface area contributed by atoms with E-state index < -0.39 is 6.04 Å². The van der Waals surface area contributed by atoms with E-state index in [9.17, 15) is 14.7 Å². The maximum absolute atomic E-state index is 13.1. The summed E-state index contributed by atoms with van der Waals surface area (Å²) in [4.78, 5) is 31.8. The molecule has 4 aromatic rings. The number of rotatable bonds is 7. The summed E-state index contributed by atoms with van der Waals surface area (Å²) in [6.45, 7) is 3.97. The Bertz CT molecular complexity index is 1290. The summed E-state index contributed by atoms with van der Waals surface area (Å²) in [6, 6.07) is 2.42. The summed E-state index contributed by atoms with van der Waals surface area (Å²) in [7, 11) is 0. The molecular weight excluding hydrogens is 390 g/mol. The van der Waals surface area contributed by atoms with Crippen LogP contribution >= 0.6 is 0 Å². The predicted octanol–water partition coefficient (Wildman–Crippen LogP) is 0.0826. The first kappa shape index (κ1) is 19.8. The van der Waals surface area contributed by atoms with Gasteiger partial charge in [-0.15, -0.1) is 15.3 Å². The molecule has 0 aliphatic rings. The largest absolute Gasteiger partial charge is 0.394 e. The molecule has 0 unspecified atom stereocenters. The average Bonchev–Trinajstić information content (AvgIpc) is 3.27. The van der Waals surface area contributed by atoms with E-state index in [1.807, 2.05) is 13.8 Å². The Labute approximate surface area is 169 Å². The van der Waals surface area contributed by atoms with Crippen molar-refractivity contribution in [1.82, 2.24) is 44.8 Å².